The molecule has 0 aliphatic rings. The minimum Gasteiger partial charge on any atom is -0.493 e. The van der Waals surface area contributed by atoms with Crippen LogP contribution in [0.1, 0.15) is 15.9 Å². The monoisotopic (exact) mass is 388 g/mol. The molecule has 110 valence electrons. The molecule has 0 aliphatic carbocycles. The van der Waals surface area contributed by atoms with Gasteiger partial charge in [-0.3, -0.25) is 4.79 Å². The van der Waals surface area contributed by atoms with E-state index in [2.05, 4.69) is 15.9 Å². The summed E-state index contributed by atoms with van der Waals surface area (Å²) in [6.45, 7) is 0.298. The van der Waals surface area contributed by atoms with Crippen LogP contribution in [-0.4, -0.2) is 13.4 Å². The van der Waals surface area contributed by atoms with Crippen LogP contribution in [0.25, 0.3) is 0 Å². The number of methoxy groups -OCH3 is 1. The summed E-state index contributed by atoms with van der Waals surface area (Å²) < 4.78 is 11.6. The lowest BCUT2D eigenvalue weighted by molar-refractivity contribution is 0.112. The molecule has 0 amide bonds. The van der Waals surface area contributed by atoms with Crippen LogP contribution in [0.2, 0.25) is 10.0 Å². The fourth-order valence-corrected chi connectivity index (χ4v) is 2.63. The van der Waals surface area contributed by atoms with Gasteiger partial charge in [-0.2, -0.15) is 0 Å². The molecule has 0 fully saturated rings. The number of rotatable bonds is 5. The lowest BCUT2D eigenvalue weighted by Crippen LogP contribution is -1.99. The number of hydrogen-bond acceptors (Lipinski definition) is 3. The Labute approximate surface area is 140 Å². The molecule has 0 radical (unpaired) electrons. The van der Waals surface area contributed by atoms with E-state index in [1.807, 2.05) is 6.07 Å². The van der Waals surface area contributed by atoms with Gasteiger partial charge in [0.1, 0.15) is 12.9 Å². The van der Waals surface area contributed by atoms with Gasteiger partial charge in [-0.05, 0) is 45.8 Å². The van der Waals surface area contributed by atoms with E-state index in [0.29, 0.717) is 38.2 Å². The average Bonchev–Trinajstić information content (AvgIpc) is 2.48. The van der Waals surface area contributed by atoms with E-state index in [4.69, 9.17) is 32.7 Å². The van der Waals surface area contributed by atoms with E-state index >= 15 is 0 Å². The van der Waals surface area contributed by atoms with Crippen molar-refractivity contribution in [1.82, 2.24) is 0 Å². The molecule has 0 aromatic heterocycles. The maximum atomic E-state index is 10.8. The van der Waals surface area contributed by atoms with E-state index in [-0.39, 0.29) is 0 Å². The lowest BCUT2D eigenvalue weighted by atomic mass is 10.2. The summed E-state index contributed by atoms with van der Waals surface area (Å²) in [7, 11) is 1.52. The van der Waals surface area contributed by atoms with Crippen LogP contribution in [0.4, 0.5) is 0 Å². The molecular formula is C15H11BrCl2O3. The first-order valence-corrected chi connectivity index (χ1v) is 7.49. The van der Waals surface area contributed by atoms with Crippen molar-refractivity contribution in [1.29, 1.82) is 0 Å². The van der Waals surface area contributed by atoms with Crippen LogP contribution in [0.3, 0.4) is 0 Å². The Kier molecular flexibility index (Phi) is 5.51. The summed E-state index contributed by atoms with van der Waals surface area (Å²) in [5.74, 6) is 1.00. The predicted molar refractivity (Wildman–Crippen MR) is 86.9 cm³/mol. The van der Waals surface area contributed by atoms with Gasteiger partial charge < -0.3 is 9.47 Å². The molecule has 0 atom stereocenters. The summed E-state index contributed by atoms with van der Waals surface area (Å²) >= 11 is 15.2. The minimum atomic E-state index is 0.298. The van der Waals surface area contributed by atoms with Gasteiger partial charge in [0, 0.05) is 5.56 Å². The standard InChI is InChI=1S/C15H11BrCl2O3/c1-20-14-6-10(7-19)4-11(16)15(14)21-8-9-2-3-12(17)13(18)5-9/h2-7H,8H2,1H3. The Bertz CT molecular complexity index is 674. The average molecular weight is 390 g/mol. The molecule has 6 heteroatoms. The summed E-state index contributed by atoms with van der Waals surface area (Å²) in [4.78, 5) is 10.8. The second-order valence-electron chi connectivity index (χ2n) is 4.19. The quantitative estimate of drug-likeness (QED) is 0.663. The van der Waals surface area contributed by atoms with E-state index in [1.165, 1.54) is 7.11 Å². The van der Waals surface area contributed by atoms with Gasteiger partial charge in [-0.1, -0.05) is 29.3 Å². The second kappa shape index (κ2) is 7.16. The van der Waals surface area contributed by atoms with Gasteiger partial charge >= 0.3 is 0 Å². The van der Waals surface area contributed by atoms with Crippen LogP contribution in [-0.2, 0) is 6.61 Å². The smallest absolute Gasteiger partial charge is 0.175 e. The summed E-state index contributed by atoms with van der Waals surface area (Å²) in [5, 5.41) is 0.967. The van der Waals surface area contributed by atoms with Crippen molar-refractivity contribution in [3.05, 3.63) is 56.0 Å². The number of carbonyl (C=O) groups excluding carboxylic acids is 1. The maximum absolute atomic E-state index is 10.8. The molecule has 3 nitrogen and oxygen atoms in total. The van der Waals surface area contributed by atoms with Gasteiger partial charge in [0.25, 0.3) is 0 Å². The number of aldehydes is 1. The topological polar surface area (TPSA) is 35.5 Å². The summed E-state index contributed by atoms with van der Waals surface area (Å²) in [5.41, 5.74) is 1.37. The zero-order chi connectivity index (χ0) is 15.4. The van der Waals surface area contributed by atoms with Crippen molar-refractivity contribution < 1.29 is 14.3 Å². The summed E-state index contributed by atoms with van der Waals surface area (Å²) in [6.07, 6.45) is 0.746. The maximum Gasteiger partial charge on any atom is 0.175 e. The fraction of sp³-hybridized carbons (Fsp3) is 0.133. The van der Waals surface area contributed by atoms with E-state index in [1.54, 1.807) is 24.3 Å². The fourth-order valence-electron chi connectivity index (χ4n) is 1.73. The highest BCUT2D eigenvalue weighted by atomic mass is 79.9. The SMILES string of the molecule is COc1cc(C=O)cc(Br)c1OCc1ccc(Cl)c(Cl)c1. The number of carbonyl (C=O) groups is 1. The number of ether oxygens (including phenoxy) is 2. The molecule has 2 aromatic rings. The molecular weight excluding hydrogens is 379 g/mol. The van der Waals surface area contributed by atoms with Crippen LogP contribution in [0, 0.1) is 0 Å². The number of halogens is 3. The molecule has 0 aliphatic heterocycles. The third-order valence-electron chi connectivity index (χ3n) is 2.76. The van der Waals surface area contributed by atoms with Crippen molar-refractivity contribution in [2.45, 2.75) is 6.61 Å². The molecule has 0 unspecified atom stereocenters. The number of benzene rings is 2. The molecule has 21 heavy (non-hydrogen) atoms. The van der Waals surface area contributed by atoms with E-state index in [0.717, 1.165) is 11.8 Å². The number of hydrogen-bond donors (Lipinski definition) is 0. The Morgan fingerprint density at radius 2 is 1.95 bits per heavy atom. The Morgan fingerprint density at radius 1 is 1.19 bits per heavy atom. The first-order chi connectivity index (χ1) is 10.0. The highest BCUT2D eigenvalue weighted by Gasteiger charge is 2.12. The van der Waals surface area contributed by atoms with Crippen molar-refractivity contribution in [2.75, 3.05) is 7.11 Å². The molecule has 2 rings (SSSR count). The van der Waals surface area contributed by atoms with Crippen LogP contribution >= 0.6 is 39.1 Å². The van der Waals surface area contributed by atoms with Crippen LogP contribution < -0.4 is 9.47 Å². The molecule has 0 bridgehead atoms. The molecule has 2 aromatic carbocycles. The highest BCUT2D eigenvalue weighted by Crippen LogP contribution is 2.37. The Morgan fingerprint density at radius 3 is 2.57 bits per heavy atom. The summed E-state index contributed by atoms with van der Waals surface area (Å²) in [6, 6.07) is 8.56. The van der Waals surface area contributed by atoms with Crippen LogP contribution in [0.5, 0.6) is 11.5 Å². The van der Waals surface area contributed by atoms with Crippen molar-refractivity contribution in [3.63, 3.8) is 0 Å². The third kappa shape index (κ3) is 3.90. The molecule has 0 heterocycles. The first-order valence-electron chi connectivity index (χ1n) is 5.94. The predicted octanol–water partition coefficient (Wildman–Crippen LogP) is 5.16. The third-order valence-corrected chi connectivity index (χ3v) is 4.08. The largest absolute Gasteiger partial charge is 0.493 e. The van der Waals surface area contributed by atoms with Gasteiger partial charge in [-0.25, -0.2) is 0 Å². The van der Waals surface area contributed by atoms with Gasteiger partial charge in [0.05, 0.1) is 21.6 Å². The lowest BCUT2D eigenvalue weighted by Gasteiger charge is -2.13. The van der Waals surface area contributed by atoms with Gasteiger partial charge in [0.15, 0.2) is 11.5 Å². The Hall–Kier alpha value is -1.23. The van der Waals surface area contributed by atoms with E-state index < -0.39 is 0 Å². The molecule has 0 spiro atoms. The molecule has 0 N–H and O–H groups in total. The highest BCUT2D eigenvalue weighted by molar-refractivity contribution is 9.10. The molecule has 0 saturated carbocycles. The molecule has 0 saturated heterocycles. The van der Waals surface area contributed by atoms with Gasteiger partial charge in [0.2, 0.25) is 0 Å². The minimum absolute atomic E-state index is 0.298. The normalized spacial score (nSPS) is 10.3. The van der Waals surface area contributed by atoms with Crippen molar-refractivity contribution in [3.8, 4) is 11.5 Å². The van der Waals surface area contributed by atoms with Crippen LogP contribution in [0.15, 0.2) is 34.8 Å². The van der Waals surface area contributed by atoms with Crippen molar-refractivity contribution in [2.24, 2.45) is 0 Å². The van der Waals surface area contributed by atoms with E-state index in [9.17, 15) is 4.79 Å². The van der Waals surface area contributed by atoms with Crippen molar-refractivity contribution >= 4 is 45.4 Å². The Balaban J connectivity index is 2.23. The first kappa shape index (κ1) is 16.1. The zero-order valence-corrected chi connectivity index (χ0v) is 14.1. The van der Waals surface area contributed by atoms with Gasteiger partial charge in [-0.15, -0.1) is 0 Å². The zero-order valence-electron chi connectivity index (χ0n) is 11.0. The second-order valence-corrected chi connectivity index (χ2v) is 5.86.